The van der Waals surface area contributed by atoms with E-state index in [1.54, 1.807) is 5.38 Å². The molecule has 4 aromatic rings. The summed E-state index contributed by atoms with van der Waals surface area (Å²) in [7, 11) is 0. The number of rotatable bonds is 5. The third kappa shape index (κ3) is 3.62. The maximum absolute atomic E-state index is 11.9. The Balaban J connectivity index is 1.66. The molecule has 2 aromatic carbocycles. The smallest absolute Gasteiger partial charge is 0.339 e. The third-order valence-electron chi connectivity index (χ3n) is 3.84. The molecular weight excluding hydrogens is 430 g/mol. The van der Waals surface area contributed by atoms with Crippen LogP contribution in [0.1, 0.15) is 10.4 Å². The van der Waals surface area contributed by atoms with E-state index < -0.39 is 5.97 Å². The molecular formula is C19H12BrN3O3S. The predicted molar refractivity (Wildman–Crippen MR) is 107 cm³/mol. The van der Waals surface area contributed by atoms with E-state index in [9.17, 15) is 9.90 Å². The van der Waals surface area contributed by atoms with Gasteiger partial charge in [-0.2, -0.15) is 4.98 Å². The molecule has 0 atom stereocenters. The van der Waals surface area contributed by atoms with Gasteiger partial charge in [0, 0.05) is 21.0 Å². The van der Waals surface area contributed by atoms with E-state index in [0.29, 0.717) is 16.4 Å². The zero-order valence-corrected chi connectivity index (χ0v) is 16.1. The number of hydrogen-bond acceptors (Lipinski definition) is 6. The summed E-state index contributed by atoms with van der Waals surface area (Å²) in [5.41, 5.74) is 2.43. The number of halogens is 1. The molecule has 6 nitrogen and oxygen atoms in total. The van der Waals surface area contributed by atoms with Crippen LogP contribution in [0.3, 0.4) is 0 Å². The lowest BCUT2D eigenvalue weighted by molar-refractivity contribution is 0.0699. The first-order valence-corrected chi connectivity index (χ1v) is 9.56. The van der Waals surface area contributed by atoms with Gasteiger partial charge in [0.2, 0.25) is 5.82 Å². The van der Waals surface area contributed by atoms with Crippen molar-refractivity contribution in [2.75, 3.05) is 5.32 Å². The number of carboxylic acid groups (broad SMARTS) is 1. The van der Waals surface area contributed by atoms with Crippen molar-refractivity contribution >= 4 is 44.3 Å². The lowest BCUT2D eigenvalue weighted by atomic mass is 10.0. The summed E-state index contributed by atoms with van der Waals surface area (Å²) in [6.07, 6.45) is 0. The maximum Gasteiger partial charge on any atom is 0.339 e. The number of hydrogen-bond donors (Lipinski definition) is 2. The molecule has 0 spiro atoms. The topological polar surface area (TPSA) is 88.2 Å². The van der Waals surface area contributed by atoms with Gasteiger partial charge in [-0.1, -0.05) is 63.6 Å². The monoisotopic (exact) mass is 441 g/mol. The van der Waals surface area contributed by atoms with Crippen molar-refractivity contribution < 1.29 is 14.4 Å². The van der Waals surface area contributed by atoms with Crippen LogP contribution in [0, 0.1) is 0 Å². The first-order valence-electron chi connectivity index (χ1n) is 7.88. The van der Waals surface area contributed by atoms with Crippen molar-refractivity contribution in [1.82, 2.24) is 10.1 Å². The molecule has 0 amide bonds. The summed E-state index contributed by atoms with van der Waals surface area (Å²) in [5, 5.41) is 18.8. The zero-order valence-electron chi connectivity index (χ0n) is 13.7. The molecule has 2 N–H and O–H groups in total. The second-order valence-electron chi connectivity index (χ2n) is 5.58. The molecule has 2 aromatic heterocycles. The van der Waals surface area contributed by atoms with E-state index in [2.05, 4.69) is 31.4 Å². The minimum Gasteiger partial charge on any atom is -0.478 e. The number of carboxylic acids is 1. The average molecular weight is 442 g/mol. The van der Waals surface area contributed by atoms with Crippen molar-refractivity contribution in [2.45, 2.75) is 0 Å². The Morgan fingerprint density at radius 1 is 1.07 bits per heavy atom. The molecule has 4 rings (SSSR count). The van der Waals surface area contributed by atoms with Gasteiger partial charge in [0.15, 0.2) is 0 Å². The first kappa shape index (κ1) is 17.4. The number of nitrogens with one attached hydrogen (secondary N) is 1. The van der Waals surface area contributed by atoms with E-state index in [-0.39, 0.29) is 11.6 Å². The number of nitrogens with zero attached hydrogens (tertiary/aromatic N) is 2. The Morgan fingerprint density at radius 2 is 1.81 bits per heavy atom. The maximum atomic E-state index is 11.9. The standard InChI is InChI=1S/C19H12BrN3O3S/c20-13-8-6-11(7-9-13)14-10-27-17(15(14)18(24)25)22-19-21-16(23-26-19)12-4-2-1-3-5-12/h1-10H,(H,24,25)(H,21,22,23). The van der Waals surface area contributed by atoms with Crippen LogP contribution in [0.2, 0.25) is 0 Å². The highest BCUT2D eigenvalue weighted by Crippen LogP contribution is 2.37. The van der Waals surface area contributed by atoms with Crippen LogP contribution in [0.25, 0.3) is 22.5 Å². The van der Waals surface area contributed by atoms with Crippen LogP contribution in [-0.2, 0) is 0 Å². The molecule has 0 unspecified atom stereocenters. The van der Waals surface area contributed by atoms with Crippen molar-refractivity contribution in [3.8, 4) is 22.5 Å². The quantitative estimate of drug-likeness (QED) is 0.414. The molecule has 0 bridgehead atoms. The summed E-state index contributed by atoms with van der Waals surface area (Å²) in [6.45, 7) is 0. The van der Waals surface area contributed by atoms with Gasteiger partial charge >= 0.3 is 12.0 Å². The minimum atomic E-state index is -1.03. The molecule has 134 valence electrons. The number of aromatic carboxylic acids is 1. The molecule has 0 aliphatic heterocycles. The summed E-state index contributed by atoms with van der Waals surface area (Å²) in [4.78, 5) is 16.1. The Bertz CT molecular complexity index is 1090. The Labute approximate surface area is 166 Å². The average Bonchev–Trinajstić information content (AvgIpc) is 3.31. The Kier molecular flexibility index (Phi) is 4.74. The highest BCUT2D eigenvalue weighted by atomic mass is 79.9. The Morgan fingerprint density at radius 3 is 2.52 bits per heavy atom. The SMILES string of the molecule is O=C(O)c1c(-c2ccc(Br)cc2)csc1Nc1nc(-c2ccccc2)no1. The number of aromatic nitrogens is 2. The van der Waals surface area contributed by atoms with Gasteiger partial charge in [-0.25, -0.2) is 4.79 Å². The number of thiophene rings is 1. The molecule has 0 fully saturated rings. The number of anilines is 2. The normalized spacial score (nSPS) is 10.7. The molecule has 27 heavy (non-hydrogen) atoms. The van der Waals surface area contributed by atoms with Gasteiger partial charge in [-0.15, -0.1) is 11.3 Å². The zero-order chi connectivity index (χ0) is 18.8. The second kappa shape index (κ2) is 7.34. The molecule has 0 saturated carbocycles. The number of benzene rings is 2. The molecule has 0 aliphatic rings. The van der Waals surface area contributed by atoms with Gasteiger partial charge in [0.25, 0.3) is 0 Å². The predicted octanol–water partition coefficient (Wildman–Crippen LogP) is 5.67. The Hall–Kier alpha value is -2.97. The van der Waals surface area contributed by atoms with Crippen LogP contribution in [0.4, 0.5) is 11.0 Å². The van der Waals surface area contributed by atoms with Crippen molar-refractivity contribution in [3.63, 3.8) is 0 Å². The van der Waals surface area contributed by atoms with E-state index in [4.69, 9.17) is 4.52 Å². The van der Waals surface area contributed by atoms with E-state index >= 15 is 0 Å². The lowest BCUT2D eigenvalue weighted by Gasteiger charge is -2.04. The van der Waals surface area contributed by atoms with E-state index in [1.807, 2.05) is 54.6 Å². The fraction of sp³-hybridized carbons (Fsp3) is 0. The fourth-order valence-corrected chi connectivity index (χ4v) is 3.80. The van der Waals surface area contributed by atoms with E-state index in [0.717, 1.165) is 15.6 Å². The minimum absolute atomic E-state index is 0.139. The third-order valence-corrected chi connectivity index (χ3v) is 5.26. The highest BCUT2D eigenvalue weighted by molar-refractivity contribution is 9.10. The van der Waals surface area contributed by atoms with Crippen LogP contribution in [-0.4, -0.2) is 21.2 Å². The number of carbonyl (C=O) groups is 1. The summed E-state index contributed by atoms with van der Waals surface area (Å²) < 4.78 is 6.15. The van der Waals surface area contributed by atoms with Crippen LogP contribution in [0.5, 0.6) is 0 Å². The van der Waals surface area contributed by atoms with Crippen LogP contribution >= 0.6 is 27.3 Å². The molecule has 0 saturated heterocycles. The van der Waals surface area contributed by atoms with Crippen LogP contribution in [0.15, 0.2) is 69.0 Å². The fourth-order valence-electron chi connectivity index (χ4n) is 2.58. The van der Waals surface area contributed by atoms with Crippen molar-refractivity contribution in [2.24, 2.45) is 0 Å². The van der Waals surface area contributed by atoms with E-state index in [1.165, 1.54) is 11.3 Å². The van der Waals surface area contributed by atoms with Gasteiger partial charge in [-0.05, 0) is 17.7 Å². The summed E-state index contributed by atoms with van der Waals surface area (Å²) in [5.74, 6) is -0.598. The lowest BCUT2D eigenvalue weighted by Crippen LogP contribution is -2.01. The highest BCUT2D eigenvalue weighted by Gasteiger charge is 2.21. The van der Waals surface area contributed by atoms with Gasteiger partial charge in [0.05, 0.1) is 0 Å². The van der Waals surface area contributed by atoms with Gasteiger partial charge in [0.1, 0.15) is 10.6 Å². The summed E-state index contributed by atoms with van der Waals surface area (Å²) >= 11 is 4.65. The van der Waals surface area contributed by atoms with Gasteiger partial charge in [-0.3, -0.25) is 5.32 Å². The first-order chi connectivity index (χ1) is 13.1. The largest absolute Gasteiger partial charge is 0.478 e. The molecule has 0 radical (unpaired) electrons. The van der Waals surface area contributed by atoms with Gasteiger partial charge < -0.3 is 9.63 Å². The van der Waals surface area contributed by atoms with Crippen molar-refractivity contribution in [3.05, 3.63) is 70.0 Å². The van der Waals surface area contributed by atoms with Crippen molar-refractivity contribution in [1.29, 1.82) is 0 Å². The molecule has 0 aliphatic carbocycles. The molecule has 2 heterocycles. The second-order valence-corrected chi connectivity index (χ2v) is 7.38. The molecule has 8 heteroatoms. The summed E-state index contributed by atoms with van der Waals surface area (Å²) in [6, 6.07) is 17.0. The van der Waals surface area contributed by atoms with Crippen LogP contribution < -0.4 is 5.32 Å².